The van der Waals surface area contributed by atoms with E-state index in [1.807, 2.05) is 77.5 Å². The number of carbonyl (C=O) groups excluding carboxylic acids is 1. The normalized spacial score (nSPS) is 11.0. The van der Waals surface area contributed by atoms with Gasteiger partial charge >= 0.3 is 0 Å². The van der Waals surface area contributed by atoms with Crippen molar-refractivity contribution in [2.24, 2.45) is 0 Å². The maximum atomic E-state index is 12.3. The topological polar surface area (TPSA) is 64.9 Å². The van der Waals surface area contributed by atoms with Crippen molar-refractivity contribution in [3.63, 3.8) is 0 Å². The van der Waals surface area contributed by atoms with Gasteiger partial charge in [-0.2, -0.15) is 0 Å². The van der Waals surface area contributed by atoms with Gasteiger partial charge in [0, 0.05) is 35.8 Å². The van der Waals surface area contributed by atoms with Gasteiger partial charge in [0.25, 0.3) is 0 Å². The van der Waals surface area contributed by atoms with Gasteiger partial charge in [0.2, 0.25) is 5.91 Å². The average Bonchev–Trinajstić information content (AvgIpc) is 3.20. The number of ether oxygens (including phenoxy) is 2. The first-order chi connectivity index (χ1) is 14.7. The molecule has 0 atom stereocenters. The van der Waals surface area contributed by atoms with Gasteiger partial charge in [-0.1, -0.05) is 30.3 Å². The molecule has 150 valence electrons. The number of anilines is 1. The number of fused-ring (bicyclic) bond motifs is 1. The maximum Gasteiger partial charge on any atom is 0.248 e. The summed E-state index contributed by atoms with van der Waals surface area (Å²) in [4.78, 5) is 16.8. The molecule has 0 saturated carbocycles. The minimum atomic E-state index is -0.238. The molecule has 0 aliphatic carbocycles. The average molecular weight is 399 g/mol. The van der Waals surface area contributed by atoms with Crippen LogP contribution in [0.4, 0.5) is 5.69 Å². The van der Waals surface area contributed by atoms with Crippen molar-refractivity contribution in [1.29, 1.82) is 0 Å². The SMILES string of the molecule is COc1ccccc1/C=C/C(=O)Nc1cccc(OCc2cn3ccccc3n2)c1. The Morgan fingerprint density at radius 3 is 2.83 bits per heavy atom. The quantitative estimate of drug-likeness (QED) is 0.462. The maximum absolute atomic E-state index is 12.3. The van der Waals surface area contributed by atoms with Crippen LogP contribution < -0.4 is 14.8 Å². The smallest absolute Gasteiger partial charge is 0.248 e. The standard InChI is InChI=1S/C24H21N3O3/c1-29-22-10-3-2-7-18(22)12-13-24(28)26-19-8-6-9-21(15-19)30-17-20-16-27-14-5-4-11-23(27)25-20/h2-16H,17H2,1H3,(H,26,28)/b13-12+. The number of amides is 1. The molecule has 0 saturated heterocycles. The van der Waals surface area contributed by atoms with Gasteiger partial charge in [-0.25, -0.2) is 4.98 Å². The van der Waals surface area contributed by atoms with Crippen LogP contribution in [0, 0.1) is 0 Å². The summed E-state index contributed by atoms with van der Waals surface area (Å²) in [5, 5.41) is 2.84. The lowest BCUT2D eigenvalue weighted by Crippen LogP contribution is -2.08. The van der Waals surface area contributed by atoms with Gasteiger partial charge in [0.1, 0.15) is 23.8 Å². The molecule has 0 aliphatic rings. The van der Waals surface area contributed by atoms with E-state index in [2.05, 4.69) is 10.3 Å². The second kappa shape index (κ2) is 8.96. The van der Waals surface area contributed by atoms with Crippen LogP contribution in [0.25, 0.3) is 11.7 Å². The van der Waals surface area contributed by atoms with Gasteiger partial charge in [-0.3, -0.25) is 4.79 Å². The Kier molecular flexibility index (Phi) is 5.75. The molecule has 0 aliphatic heterocycles. The molecule has 2 heterocycles. The van der Waals surface area contributed by atoms with Crippen molar-refractivity contribution < 1.29 is 14.3 Å². The zero-order valence-electron chi connectivity index (χ0n) is 16.5. The molecule has 2 aromatic heterocycles. The lowest BCUT2D eigenvalue weighted by atomic mass is 10.2. The number of hydrogen-bond acceptors (Lipinski definition) is 4. The van der Waals surface area contributed by atoms with E-state index in [0.717, 1.165) is 16.9 Å². The summed E-state index contributed by atoms with van der Waals surface area (Å²) in [7, 11) is 1.60. The zero-order chi connectivity index (χ0) is 20.8. The molecule has 1 amide bonds. The summed E-state index contributed by atoms with van der Waals surface area (Å²) in [6.07, 6.45) is 7.07. The van der Waals surface area contributed by atoms with Crippen LogP contribution in [0.2, 0.25) is 0 Å². The van der Waals surface area contributed by atoms with E-state index >= 15 is 0 Å². The molecule has 6 nitrogen and oxygen atoms in total. The number of imidazole rings is 1. The highest BCUT2D eigenvalue weighted by Crippen LogP contribution is 2.20. The molecule has 4 aromatic rings. The third kappa shape index (κ3) is 4.67. The van der Waals surface area contributed by atoms with E-state index in [1.54, 1.807) is 19.3 Å². The Hall–Kier alpha value is -4.06. The van der Waals surface area contributed by atoms with E-state index in [4.69, 9.17) is 9.47 Å². The Morgan fingerprint density at radius 2 is 1.97 bits per heavy atom. The second-order valence-corrected chi connectivity index (χ2v) is 6.58. The van der Waals surface area contributed by atoms with Crippen LogP contribution in [-0.2, 0) is 11.4 Å². The molecule has 0 unspecified atom stereocenters. The van der Waals surface area contributed by atoms with Gasteiger partial charge in [0.05, 0.1) is 12.8 Å². The van der Waals surface area contributed by atoms with Gasteiger partial charge in [-0.05, 0) is 36.4 Å². The van der Waals surface area contributed by atoms with E-state index in [0.29, 0.717) is 23.8 Å². The number of methoxy groups -OCH3 is 1. The first kappa shape index (κ1) is 19.3. The van der Waals surface area contributed by atoms with Crippen LogP contribution in [0.15, 0.2) is 85.2 Å². The second-order valence-electron chi connectivity index (χ2n) is 6.58. The number of aromatic nitrogens is 2. The summed E-state index contributed by atoms with van der Waals surface area (Å²) < 4.78 is 13.1. The molecule has 0 spiro atoms. The van der Waals surface area contributed by atoms with E-state index in [9.17, 15) is 4.79 Å². The third-order valence-electron chi connectivity index (χ3n) is 4.46. The monoisotopic (exact) mass is 399 g/mol. The van der Waals surface area contributed by atoms with Crippen molar-refractivity contribution in [2.45, 2.75) is 6.61 Å². The Bertz CT molecular complexity index is 1160. The van der Waals surface area contributed by atoms with E-state index < -0.39 is 0 Å². The predicted molar refractivity (Wildman–Crippen MR) is 117 cm³/mol. The molecule has 1 N–H and O–H groups in total. The molecule has 2 aromatic carbocycles. The summed E-state index contributed by atoms with van der Waals surface area (Å²) in [5.41, 5.74) is 3.19. The molecule has 4 rings (SSSR count). The molecule has 30 heavy (non-hydrogen) atoms. The fourth-order valence-electron chi connectivity index (χ4n) is 3.03. The molecule has 0 radical (unpaired) electrons. The number of carbonyl (C=O) groups is 1. The number of benzene rings is 2. The first-order valence-corrected chi connectivity index (χ1v) is 9.49. The van der Waals surface area contributed by atoms with Crippen LogP contribution in [0.5, 0.6) is 11.5 Å². The largest absolute Gasteiger partial charge is 0.496 e. The first-order valence-electron chi connectivity index (χ1n) is 9.49. The summed E-state index contributed by atoms with van der Waals surface area (Å²) >= 11 is 0. The third-order valence-corrected chi connectivity index (χ3v) is 4.46. The minimum Gasteiger partial charge on any atom is -0.496 e. The predicted octanol–water partition coefficient (Wildman–Crippen LogP) is 4.57. The zero-order valence-corrected chi connectivity index (χ0v) is 16.5. The number of para-hydroxylation sites is 1. The van der Waals surface area contributed by atoms with Crippen LogP contribution in [-0.4, -0.2) is 22.4 Å². The fraction of sp³-hybridized carbons (Fsp3) is 0.0833. The van der Waals surface area contributed by atoms with Crippen LogP contribution in [0.1, 0.15) is 11.3 Å². The Morgan fingerprint density at radius 1 is 1.10 bits per heavy atom. The van der Waals surface area contributed by atoms with E-state index in [1.165, 1.54) is 6.08 Å². The summed E-state index contributed by atoms with van der Waals surface area (Å²) in [6, 6.07) is 20.6. The molecule has 6 heteroatoms. The summed E-state index contributed by atoms with van der Waals surface area (Å²) in [6.45, 7) is 0.340. The minimum absolute atomic E-state index is 0.238. The number of nitrogens with one attached hydrogen (secondary N) is 1. The Balaban J connectivity index is 1.38. The van der Waals surface area contributed by atoms with Crippen LogP contribution >= 0.6 is 0 Å². The van der Waals surface area contributed by atoms with Crippen LogP contribution in [0.3, 0.4) is 0 Å². The lowest BCUT2D eigenvalue weighted by Gasteiger charge is -2.07. The number of pyridine rings is 1. The van der Waals surface area contributed by atoms with Crippen molar-refractivity contribution >= 4 is 23.3 Å². The highest BCUT2D eigenvalue weighted by atomic mass is 16.5. The van der Waals surface area contributed by atoms with E-state index in [-0.39, 0.29) is 5.91 Å². The lowest BCUT2D eigenvalue weighted by molar-refractivity contribution is -0.111. The highest BCUT2D eigenvalue weighted by molar-refractivity contribution is 6.02. The molecule has 0 fully saturated rings. The number of nitrogens with zero attached hydrogens (tertiary/aromatic N) is 2. The Labute approximate surface area is 174 Å². The van der Waals surface area contributed by atoms with Crippen molar-refractivity contribution in [3.8, 4) is 11.5 Å². The van der Waals surface area contributed by atoms with Crippen molar-refractivity contribution in [3.05, 3.63) is 96.5 Å². The van der Waals surface area contributed by atoms with Crippen molar-refractivity contribution in [1.82, 2.24) is 9.38 Å². The number of rotatable bonds is 7. The fourth-order valence-corrected chi connectivity index (χ4v) is 3.03. The van der Waals surface area contributed by atoms with Gasteiger partial charge < -0.3 is 19.2 Å². The summed E-state index contributed by atoms with van der Waals surface area (Å²) in [5.74, 6) is 1.13. The van der Waals surface area contributed by atoms with Gasteiger partial charge in [-0.15, -0.1) is 0 Å². The molecular weight excluding hydrogens is 378 g/mol. The number of hydrogen-bond donors (Lipinski definition) is 1. The van der Waals surface area contributed by atoms with Crippen molar-refractivity contribution in [2.75, 3.05) is 12.4 Å². The molecular formula is C24H21N3O3. The highest BCUT2D eigenvalue weighted by Gasteiger charge is 2.04. The van der Waals surface area contributed by atoms with Gasteiger partial charge in [0.15, 0.2) is 0 Å². The molecule has 0 bridgehead atoms.